The summed E-state index contributed by atoms with van der Waals surface area (Å²) in [6.07, 6.45) is 9.53. The van der Waals surface area contributed by atoms with Crippen LogP contribution in [0.5, 0.6) is 0 Å². The fraction of sp³-hybridized carbons (Fsp3) is 0.0645. The van der Waals surface area contributed by atoms with E-state index in [1.54, 1.807) is 0 Å². The van der Waals surface area contributed by atoms with Gasteiger partial charge >= 0.3 is 0 Å². The molecule has 0 saturated heterocycles. The van der Waals surface area contributed by atoms with Gasteiger partial charge in [-0.25, -0.2) is 4.98 Å². The van der Waals surface area contributed by atoms with Crippen molar-refractivity contribution in [3.05, 3.63) is 108 Å². The lowest BCUT2D eigenvalue weighted by atomic mass is 9.95. The van der Waals surface area contributed by atoms with Crippen molar-refractivity contribution in [2.24, 2.45) is 0 Å². The number of aromatic nitrogens is 4. The number of nitrogens with zero attached hydrogens (tertiary/aromatic N) is 4. The molecule has 0 amide bonds. The Labute approximate surface area is 200 Å². The van der Waals surface area contributed by atoms with Crippen molar-refractivity contribution in [1.29, 1.82) is 0 Å². The van der Waals surface area contributed by atoms with Crippen LogP contribution in [0.2, 0.25) is 0 Å². The first-order chi connectivity index (χ1) is 17.4. The minimum atomic E-state index is 0.906. The maximum atomic E-state index is 5.03. The maximum Gasteiger partial charge on any atom is 0.146 e. The number of pyridine rings is 3. The number of hydrogen-bond donors (Lipinski definition) is 0. The van der Waals surface area contributed by atoms with E-state index in [1.165, 1.54) is 60.7 Å². The first kappa shape index (κ1) is 17.8. The average molecular weight is 447 g/mol. The molecule has 0 aliphatic heterocycles. The van der Waals surface area contributed by atoms with E-state index in [9.17, 15) is 0 Å². The van der Waals surface area contributed by atoms with Gasteiger partial charge in [0.05, 0.1) is 23.4 Å². The molecular weight excluding hydrogens is 428 g/mol. The summed E-state index contributed by atoms with van der Waals surface area (Å²) >= 11 is 0. The summed E-state index contributed by atoms with van der Waals surface area (Å²) in [7, 11) is 0. The molecule has 0 spiro atoms. The molecule has 0 radical (unpaired) electrons. The second kappa shape index (κ2) is 6.10. The van der Waals surface area contributed by atoms with Crippen LogP contribution in [-0.4, -0.2) is 19.4 Å². The first-order valence-corrected chi connectivity index (χ1v) is 12.0. The SMILES string of the molecule is c1ccc2c(c1)Cc1ccc3c(c1-2)Cc1c-3ccc2c1c1ccncc1n1c3ccncc3nc21. The summed E-state index contributed by atoms with van der Waals surface area (Å²) in [6, 6.07) is 22.3. The molecule has 35 heavy (non-hydrogen) atoms. The van der Waals surface area contributed by atoms with E-state index in [4.69, 9.17) is 4.98 Å². The van der Waals surface area contributed by atoms with Crippen LogP contribution in [-0.2, 0) is 12.8 Å². The molecule has 0 bridgehead atoms. The Morgan fingerprint density at radius 1 is 0.629 bits per heavy atom. The summed E-state index contributed by atoms with van der Waals surface area (Å²) < 4.78 is 2.24. The summed E-state index contributed by atoms with van der Waals surface area (Å²) in [5.74, 6) is 0. The van der Waals surface area contributed by atoms with Crippen LogP contribution in [0.1, 0.15) is 22.3 Å². The molecule has 4 nitrogen and oxygen atoms in total. The zero-order valence-corrected chi connectivity index (χ0v) is 18.8. The largest absolute Gasteiger partial charge is 0.290 e. The normalized spacial score (nSPS) is 13.5. The van der Waals surface area contributed by atoms with E-state index >= 15 is 0 Å². The van der Waals surface area contributed by atoms with Gasteiger partial charge in [0, 0.05) is 23.2 Å². The second-order valence-corrected chi connectivity index (χ2v) is 9.68. The predicted molar refractivity (Wildman–Crippen MR) is 140 cm³/mol. The Kier molecular flexibility index (Phi) is 3.11. The van der Waals surface area contributed by atoms with Crippen molar-refractivity contribution in [2.45, 2.75) is 12.8 Å². The fourth-order valence-electron chi connectivity index (χ4n) is 6.63. The van der Waals surface area contributed by atoms with Gasteiger partial charge in [-0.1, -0.05) is 42.5 Å². The van der Waals surface area contributed by atoms with Gasteiger partial charge in [0.1, 0.15) is 11.2 Å². The Morgan fingerprint density at radius 2 is 1.49 bits per heavy atom. The molecule has 0 unspecified atom stereocenters. The number of rotatable bonds is 0. The zero-order chi connectivity index (χ0) is 22.7. The van der Waals surface area contributed by atoms with Crippen LogP contribution in [0.25, 0.3) is 60.6 Å². The van der Waals surface area contributed by atoms with Crippen molar-refractivity contribution < 1.29 is 0 Å². The molecule has 4 heteroatoms. The number of imidazole rings is 1. The van der Waals surface area contributed by atoms with Crippen LogP contribution in [0.4, 0.5) is 0 Å². The van der Waals surface area contributed by atoms with Gasteiger partial charge in [-0.05, 0) is 80.9 Å². The highest BCUT2D eigenvalue weighted by Crippen LogP contribution is 2.50. The molecule has 3 aromatic carbocycles. The Hall–Kier alpha value is -4.57. The number of hydrogen-bond acceptors (Lipinski definition) is 3. The second-order valence-electron chi connectivity index (χ2n) is 9.68. The molecule has 9 rings (SSSR count). The third-order valence-electron chi connectivity index (χ3n) is 8.03. The Morgan fingerprint density at radius 3 is 2.49 bits per heavy atom. The lowest BCUT2D eigenvalue weighted by Crippen LogP contribution is -1.95. The van der Waals surface area contributed by atoms with E-state index in [0.29, 0.717) is 0 Å². The number of fused-ring (bicyclic) bond motifs is 16. The van der Waals surface area contributed by atoms with Crippen molar-refractivity contribution in [2.75, 3.05) is 0 Å². The topological polar surface area (TPSA) is 43.1 Å². The average Bonchev–Trinajstić information content (AvgIpc) is 3.59. The number of benzene rings is 3. The minimum Gasteiger partial charge on any atom is -0.290 e. The maximum absolute atomic E-state index is 5.03. The third kappa shape index (κ3) is 2.11. The van der Waals surface area contributed by atoms with E-state index in [0.717, 1.165) is 35.0 Å². The molecule has 0 fully saturated rings. The minimum absolute atomic E-state index is 0.906. The molecule has 4 aromatic heterocycles. The van der Waals surface area contributed by atoms with E-state index < -0.39 is 0 Å². The molecule has 0 N–H and O–H groups in total. The van der Waals surface area contributed by atoms with E-state index in [-0.39, 0.29) is 0 Å². The van der Waals surface area contributed by atoms with Crippen LogP contribution in [0, 0.1) is 0 Å². The van der Waals surface area contributed by atoms with Crippen molar-refractivity contribution in [3.63, 3.8) is 0 Å². The third-order valence-corrected chi connectivity index (χ3v) is 8.03. The fourth-order valence-corrected chi connectivity index (χ4v) is 6.63. The molecule has 162 valence electrons. The molecule has 2 aliphatic rings. The van der Waals surface area contributed by atoms with Crippen LogP contribution in [0.3, 0.4) is 0 Å². The molecule has 2 aliphatic carbocycles. The summed E-state index contributed by atoms with van der Waals surface area (Å²) in [4.78, 5) is 13.8. The summed E-state index contributed by atoms with van der Waals surface area (Å²) in [6.45, 7) is 0. The van der Waals surface area contributed by atoms with Crippen molar-refractivity contribution in [3.8, 4) is 22.3 Å². The molecule has 0 atom stereocenters. The van der Waals surface area contributed by atoms with E-state index in [1.807, 2.05) is 30.9 Å². The quantitative estimate of drug-likeness (QED) is 0.243. The van der Waals surface area contributed by atoms with Gasteiger partial charge in [0.2, 0.25) is 0 Å². The van der Waals surface area contributed by atoms with Crippen LogP contribution in [0.15, 0.2) is 85.5 Å². The van der Waals surface area contributed by atoms with Gasteiger partial charge in [0.25, 0.3) is 0 Å². The Balaban J connectivity index is 1.42. The standard InChI is InChI=1S/C31H18N4/c1-2-4-19-17(3-1)13-18-5-6-20-21-7-8-23-30(25(21)14-24(20)29(18)19)22-9-11-33-16-28(22)35-27-10-12-32-15-26(27)34-31(23)35/h1-12,15-16H,13-14H2. The molecule has 7 aromatic rings. The first-order valence-electron chi connectivity index (χ1n) is 12.0. The zero-order valence-electron chi connectivity index (χ0n) is 18.8. The summed E-state index contributed by atoms with van der Waals surface area (Å²) in [5.41, 5.74) is 15.4. The van der Waals surface area contributed by atoms with Gasteiger partial charge in [-0.15, -0.1) is 0 Å². The monoisotopic (exact) mass is 446 g/mol. The highest BCUT2D eigenvalue weighted by molar-refractivity contribution is 6.17. The lowest BCUT2D eigenvalue weighted by Gasteiger charge is -2.12. The van der Waals surface area contributed by atoms with Crippen molar-refractivity contribution >= 4 is 38.4 Å². The molecular formula is C31H18N4. The van der Waals surface area contributed by atoms with Crippen LogP contribution < -0.4 is 0 Å². The lowest BCUT2D eigenvalue weighted by molar-refractivity contribution is 1.24. The summed E-state index contributed by atoms with van der Waals surface area (Å²) in [5, 5.41) is 3.70. The highest BCUT2D eigenvalue weighted by Gasteiger charge is 2.30. The molecule has 4 heterocycles. The van der Waals surface area contributed by atoms with Crippen molar-refractivity contribution in [1.82, 2.24) is 19.4 Å². The Bertz CT molecular complexity index is 2070. The van der Waals surface area contributed by atoms with Crippen LogP contribution >= 0.6 is 0 Å². The van der Waals surface area contributed by atoms with Gasteiger partial charge in [-0.3, -0.25) is 14.4 Å². The molecule has 0 saturated carbocycles. The predicted octanol–water partition coefficient (Wildman–Crippen LogP) is 6.73. The van der Waals surface area contributed by atoms with Gasteiger partial charge < -0.3 is 0 Å². The smallest absolute Gasteiger partial charge is 0.146 e. The van der Waals surface area contributed by atoms with E-state index in [2.05, 4.69) is 69.0 Å². The van der Waals surface area contributed by atoms with Gasteiger partial charge in [-0.2, -0.15) is 0 Å². The highest BCUT2D eigenvalue weighted by atomic mass is 15.0. The van der Waals surface area contributed by atoms with Gasteiger partial charge in [0.15, 0.2) is 0 Å².